The quantitative estimate of drug-likeness (QED) is 0.458. The average Bonchev–Trinajstić information content (AvgIpc) is 3.59. The summed E-state index contributed by atoms with van der Waals surface area (Å²) in [6.45, 7) is 4.11. The average molecular weight is 486 g/mol. The van der Waals surface area contributed by atoms with Gasteiger partial charge in [-0.1, -0.05) is 43.3 Å². The van der Waals surface area contributed by atoms with Crippen molar-refractivity contribution >= 4 is 11.7 Å². The largest absolute Gasteiger partial charge is 0.454 e. The molecule has 0 spiro atoms. The molecule has 36 heavy (non-hydrogen) atoms. The van der Waals surface area contributed by atoms with E-state index in [1.54, 1.807) is 12.1 Å². The Morgan fingerprint density at radius 2 is 1.75 bits per heavy atom. The fraction of sp³-hybridized carbons (Fsp3) is 0.333. The molecule has 186 valence electrons. The number of ketones is 1. The molecule has 1 fully saturated rings. The molecular weight excluding hydrogens is 454 g/mol. The van der Waals surface area contributed by atoms with Gasteiger partial charge in [-0.25, -0.2) is 0 Å². The van der Waals surface area contributed by atoms with E-state index in [4.69, 9.17) is 9.47 Å². The van der Waals surface area contributed by atoms with E-state index >= 15 is 0 Å². The zero-order valence-electron chi connectivity index (χ0n) is 20.7. The van der Waals surface area contributed by atoms with Crippen molar-refractivity contribution < 1.29 is 24.2 Å². The van der Waals surface area contributed by atoms with E-state index in [2.05, 4.69) is 11.4 Å². The van der Waals surface area contributed by atoms with Crippen molar-refractivity contribution in [1.82, 2.24) is 5.32 Å². The summed E-state index contributed by atoms with van der Waals surface area (Å²) in [7, 11) is 0. The van der Waals surface area contributed by atoms with Crippen LogP contribution >= 0.6 is 0 Å². The summed E-state index contributed by atoms with van der Waals surface area (Å²) in [4.78, 5) is 25.9. The number of aliphatic hydroxyl groups excluding tert-OH is 1. The number of carbonyl (C=O) groups is 2. The Balaban J connectivity index is 1.32. The van der Waals surface area contributed by atoms with Gasteiger partial charge in [0, 0.05) is 12.0 Å². The van der Waals surface area contributed by atoms with Crippen LogP contribution in [0.3, 0.4) is 0 Å². The van der Waals surface area contributed by atoms with E-state index < -0.39 is 5.41 Å². The van der Waals surface area contributed by atoms with Crippen LogP contribution in [-0.2, 0) is 16.6 Å². The van der Waals surface area contributed by atoms with Gasteiger partial charge in [-0.3, -0.25) is 9.59 Å². The van der Waals surface area contributed by atoms with Crippen molar-refractivity contribution in [3.05, 3.63) is 82.9 Å². The fourth-order valence-electron chi connectivity index (χ4n) is 4.84. The molecule has 3 aromatic rings. The van der Waals surface area contributed by atoms with Crippen molar-refractivity contribution in [1.29, 1.82) is 0 Å². The predicted octanol–water partition coefficient (Wildman–Crippen LogP) is 4.73. The van der Waals surface area contributed by atoms with E-state index in [0.717, 1.165) is 46.4 Å². The van der Waals surface area contributed by atoms with Crippen molar-refractivity contribution in [3.63, 3.8) is 0 Å². The second kappa shape index (κ2) is 9.78. The molecule has 5 rings (SSSR count). The Morgan fingerprint density at radius 1 is 1.00 bits per heavy atom. The first kappa shape index (κ1) is 24.1. The third-order valence-electron chi connectivity index (χ3n) is 7.38. The topological polar surface area (TPSA) is 84.9 Å². The number of aliphatic hydroxyl groups is 1. The molecule has 6 nitrogen and oxygen atoms in total. The van der Waals surface area contributed by atoms with E-state index in [-0.39, 0.29) is 31.1 Å². The molecule has 0 unspecified atom stereocenters. The number of carbonyl (C=O) groups excluding carboxylic acids is 2. The number of fused-ring (bicyclic) bond motifs is 1. The lowest BCUT2D eigenvalue weighted by Gasteiger charge is -2.16. The van der Waals surface area contributed by atoms with Gasteiger partial charge >= 0.3 is 0 Å². The Labute approximate surface area is 211 Å². The number of rotatable bonds is 9. The number of hydrogen-bond donors (Lipinski definition) is 2. The van der Waals surface area contributed by atoms with Crippen LogP contribution < -0.4 is 14.8 Å². The Morgan fingerprint density at radius 3 is 2.44 bits per heavy atom. The van der Waals surface area contributed by atoms with Crippen LogP contribution in [0.5, 0.6) is 11.5 Å². The van der Waals surface area contributed by atoms with Crippen LogP contribution in [0, 0.1) is 6.92 Å². The summed E-state index contributed by atoms with van der Waals surface area (Å²) < 4.78 is 10.9. The highest BCUT2D eigenvalue weighted by molar-refractivity contribution is 5.96. The minimum atomic E-state index is -0.439. The molecule has 1 saturated carbocycles. The van der Waals surface area contributed by atoms with Crippen LogP contribution in [0.1, 0.15) is 53.2 Å². The summed E-state index contributed by atoms with van der Waals surface area (Å²) in [6, 6.07) is 19.2. The lowest BCUT2D eigenvalue weighted by atomic mass is 9.87. The lowest BCUT2D eigenvalue weighted by molar-refractivity contribution is -0.120. The first-order valence-electron chi connectivity index (χ1n) is 12.5. The molecule has 2 N–H and O–H groups in total. The smallest absolute Gasteiger partial charge is 0.251 e. The van der Waals surface area contributed by atoms with Crippen LogP contribution in [0.2, 0.25) is 0 Å². The predicted molar refractivity (Wildman–Crippen MR) is 137 cm³/mol. The molecule has 6 heteroatoms. The van der Waals surface area contributed by atoms with Gasteiger partial charge in [0.2, 0.25) is 6.79 Å². The molecule has 1 heterocycles. The van der Waals surface area contributed by atoms with Crippen molar-refractivity contribution in [2.24, 2.45) is 0 Å². The molecule has 1 atom stereocenters. The Bertz CT molecular complexity index is 1290. The molecule has 1 aliphatic carbocycles. The van der Waals surface area contributed by atoms with Gasteiger partial charge in [-0.05, 0) is 78.3 Å². The molecular formula is C30H31NO5. The third kappa shape index (κ3) is 4.61. The molecule has 0 saturated heterocycles. The van der Waals surface area contributed by atoms with Crippen molar-refractivity contribution in [3.8, 4) is 22.6 Å². The number of hydrogen-bond acceptors (Lipinski definition) is 5. The number of ether oxygens (including phenoxy) is 2. The third-order valence-corrected chi connectivity index (χ3v) is 7.38. The maximum atomic E-state index is 13.5. The Hall–Kier alpha value is -3.64. The standard InChI is InChI=1S/C30H31NO5/c1-3-24(17-32)31-29(34)22-8-6-21(7-9-22)25-14-20(5-4-19(25)2)15-28(33)30(12-13-30)23-10-11-26-27(16-23)36-18-35-26/h4-11,14,16,24,32H,3,12-13,15,17-18H2,1-2H3,(H,31,34)/t24-/m1/s1. The molecule has 0 bridgehead atoms. The summed E-state index contributed by atoms with van der Waals surface area (Å²) >= 11 is 0. The Kier molecular flexibility index (Phi) is 6.54. The highest BCUT2D eigenvalue weighted by atomic mass is 16.7. The number of aryl methyl sites for hydroxylation is 1. The monoisotopic (exact) mass is 485 g/mol. The highest BCUT2D eigenvalue weighted by Crippen LogP contribution is 2.51. The zero-order chi connectivity index (χ0) is 25.3. The number of nitrogens with one attached hydrogen (secondary N) is 1. The second-order valence-electron chi connectivity index (χ2n) is 9.74. The van der Waals surface area contributed by atoms with E-state index in [1.165, 1.54) is 0 Å². The SMILES string of the molecule is CC[C@H](CO)NC(=O)c1ccc(-c2cc(CC(=O)C3(c4ccc5c(c4)OCO5)CC3)ccc2C)cc1. The maximum Gasteiger partial charge on any atom is 0.251 e. The minimum absolute atomic E-state index is 0.0824. The zero-order valence-corrected chi connectivity index (χ0v) is 20.7. The fourth-order valence-corrected chi connectivity index (χ4v) is 4.84. The molecule has 1 amide bonds. The molecule has 0 aromatic heterocycles. The van der Waals surface area contributed by atoms with Gasteiger partial charge in [0.1, 0.15) is 5.78 Å². The number of amides is 1. The van der Waals surface area contributed by atoms with Crippen LogP contribution in [0.25, 0.3) is 11.1 Å². The van der Waals surface area contributed by atoms with E-state index in [9.17, 15) is 14.7 Å². The van der Waals surface area contributed by atoms with Crippen LogP contribution in [0.4, 0.5) is 0 Å². The normalized spacial score (nSPS) is 15.9. The minimum Gasteiger partial charge on any atom is -0.454 e. The maximum absolute atomic E-state index is 13.5. The van der Waals surface area contributed by atoms with Gasteiger partial charge in [0.05, 0.1) is 18.1 Å². The summed E-state index contributed by atoms with van der Waals surface area (Å²) in [6.07, 6.45) is 2.73. The van der Waals surface area contributed by atoms with Crippen LogP contribution in [0.15, 0.2) is 60.7 Å². The molecule has 1 aliphatic heterocycles. The second-order valence-corrected chi connectivity index (χ2v) is 9.74. The van der Waals surface area contributed by atoms with Gasteiger partial charge < -0.3 is 19.9 Å². The number of benzene rings is 3. The van der Waals surface area contributed by atoms with Gasteiger partial charge in [0.25, 0.3) is 5.91 Å². The molecule has 3 aromatic carbocycles. The van der Waals surface area contributed by atoms with E-state index in [0.29, 0.717) is 24.2 Å². The summed E-state index contributed by atoms with van der Waals surface area (Å²) in [5.41, 5.74) is 5.23. The summed E-state index contributed by atoms with van der Waals surface area (Å²) in [5.74, 6) is 1.46. The first-order valence-corrected chi connectivity index (χ1v) is 12.5. The van der Waals surface area contributed by atoms with Crippen LogP contribution in [-0.4, -0.2) is 36.2 Å². The van der Waals surface area contributed by atoms with Crippen molar-refractivity contribution in [2.45, 2.75) is 51.0 Å². The summed E-state index contributed by atoms with van der Waals surface area (Å²) in [5, 5.41) is 12.2. The first-order chi connectivity index (χ1) is 17.4. The number of Topliss-reactive ketones (excluding diaryl/α,β-unsaturated/α-hetero) is 1. The van der Waals surface area contributed by atoms with Gasteiger partial charge in [0.15, 0.2) is 11.5 Å². The lowest BCUT2D eigenvalue weighted by Crippen LogP contribution is -2.36. The van der Waals surface area contributed by atoms with Crippen molar-refractivity contribution in [2.75, 3.05) is 13.4 Å². The van der Waals surface area contributed by atoms with E-state index in [1.807, 2.05) is 56.3 Å². The highest BCUT2D eigenvalue weighted by Gasteiger charge is 2.50. The van der Waals surface area contributed by atoms with Gasteiger partial charge in [-0.15, -0.1) is 0 Å². The molecule has 2 aliphatic rings. The van der Waals surface area contributed by atoms with Gasteiger partial charge in [-0.2, -0.15) is 0 Å². The molecule has 0 radical (unpaired) electrons.